The number of amides is 2. The zero-order valence-corrected chi connectivity index (χ0v) is 14.0. The fourth-order valence-electron chi connectivity index (χ4n) is 2.89. The van der Waals surface area contributed by atoms with E-state index in [1.165, 1.54) is 23.5 Å². The van der Waals surface area contributed by atoms with Crippen LogP contribution in [-0.2, 0) is 11.2 Å². The summed E-state index contributed by atoms with van der Waals surface area (Å²) in [7, 11) is 0. The fourth-order valence-corrected chi connectivity index (χ4v) is 3.58. The number of halogens is 1. The molecular formula is C18H19FN2O2S. The highest BCUT2D eigenvalue weighted by molar-refractivity contribution is 7.12. The van der Waals surface area contributed by atoms with E-state index in [0.29, 0.717) is 18.7 Å². The zero-order valence-electron chi connectivity index (χ0n) is 13.2. The average Bonchev–Trinajstić information content (AvgIpc) is 3.09. The van der Waals surface area contributed by atoms with E-state index in [4.69, 9.17) is 0 Å². The number of hydrogen-bond acceptors (Lipinski definition) is 3. The summed E-state index contributed by atoms with van der Waals surface area (Å²) in [5.41, 5.74) is 0.665. The van der Waals surface area contributed by atoms with Crippen LogP contribution in [0.4, 0.5) is 4.39 Å². The molecule has 6 heteroatoms. The molecule has 3 rings (SSSR count). The Kier molecular flexibility index (Phi) is 5.25. The average molecular weight is 346 g/mol. The number of nitrogens with zero attached hydrogens (tertiary/aromatic N) is 1. The van der Waals surface area contributed by atoms with Crippen LogP contribution in [0.3, 0.4) is 0 Å². The lowest BCUT2D eigenvalue weighted by Gasteiger charge is -2.32. The quantitative estimate of drug-likeness (QED) is 0.925. The van der Waals surface area contributed by atoms with Gasteiger partial charge in [-0.2, -0.15) is 0 Å². The molecule has 1 saturated heterocycles. The van der Waals surface area contributed by atoms with Gasteiger partial charge in [0.1, 0.15) is 5.82 Å². The molecule has 4 nitrogen and oxygen atoms in total. The summed E-state index contributed by atoms with van der Waals surface area (Å²) in [6.45, 7) is 1.28. The molecule has 1 N–H and O–H groups in total. The normalized spacial score (nSPS) is 15.3. The molecule has 2 heterocycles. The van der Waals surface area contributed by atoms with Gasteiger partial charge in [0.15, 0.2) is 0 Å². The van der Waals surface area contributed by atoms with Gasteiger partial charge in [-0.05, 0) is 42.0 Å². The third-order valence-corrected chi connectivity index (χ3v) is 4.99. The van der Waals surface area contributed by atoms with Gasteiger partial charge in [0.2, 0.25) is 5.91 Å². The van der Waals surface area contributed by atoms with Crippen molar-refractivity contribution in [3.8, 4) is 0 Å². The summed E-state index contributed by atoms with van der Waals surface area (Å²) in [5, 5.41) is 4.88. The van der Waals surface area contributed by atoms with Gasteiger partial charge < -0.3 is 10.2 Å². The van der Waals surface area contributed by atoms with Crippen molar-refractivity contribution >= 4 is 23.2 Å². The SMILES string of the molecule is O=C(Cc1cccc(F)c1)NC1CCN(C(=O)c2cccs2)CC1. The van der Waals surface area contributed by atoms with Crippen LogP contribution in [0.2, 0.25) is 0 Å². The molecule has 126 valence electrons. The van der Waals surface area contributed by atoms with E-state index < -0.39 is 0 Å². The minimum Gasteiger partial charge on any atom is -0.353 e. The van der Waals surface area contributed by atoms with E-state index in [2.05, 4.69) is 5.32 Å². The van der Waals surface area contributed by atoms with Gasteiger partial charge in [-0.25, -0.2) is 4.39 Å². The van der Waals surface area contributed by atoms with E-state index in [0.717, 1.165) is 17.7 Å². The monoisotopic (exact) mass is 346 g/mol. The highest BCUT2D eigenvalue weighted by Gasteiger charge is 2.24. The summed E-state index contributed by atoms with van der Waals surface area (Å²) in [6, 6.07) is 9.86. The molecule has 0 aliphatic carbocycles. The van der Waals surface area contributed by atoms with Gasteiger partial charge >= 0.3 is 0 Å². The molecule has 1 aromatic carbocycles. The lowest BCUT2D eigenvalue weighted by molar-refractivity contribution is -0.121. The molecule has 1 aliphatic heterocycles. The standard InChI is InChI=1S/C18H19FN2O2S/c19-14-4-1-3-13(11-14)12-17(22)20-15-6-8-21(9-7-15)18(23)16-5-2-10-24-16/h1-5,10-11,15H,6-9,12H2,(H,20,22). The van der Waals surface area contributed by atoms with Crippen molar-refractivity contribution in [2.45, 2.75) is 25.3 Å². The van der Waals surface area contributed by atoms with Crippen LogP contribution >= 0.6 is 11.3 Å². The Morgan fingerprint density at radius 2 is 2.00 bits per heavy atom. The number of thiophene rings is 1. The van der Waals surface area contributed by atoms with E-state index in [1.54, 1.807) is 12.1 Å². The number of benzene rings is 1. The first-order valence-corrected chi connectivity index (χ1v) is 8.86. The van der Waals surface area contributed by atoms with Crippen LogP contribution in [0.5, 0.6) is 0 Å². The Balaban J connectivity index is 1.47. The molecule has 2 aromatic rings. The molecule has 0 radical (unpaired) electrons. The van der Waals surface area contributed by atoms with E-state index >= 15 is 0 Å². The van der Waals surface area contributed by atoms with Gasteiger partial charge in [0.25, 0.3) is 5.91 Å². The summed E-state index contributed by atoms with van der Waals surface area (Å²) >= 11 is 1.45. The van der Waals surface area contributed by atoms with Crippen molar-refractivity contribution < 1.29 is 14.0 Å². The maximum atomic E-state index is 13.1. The first kappa shape index (κ1) is 16.6. The Bertz CT molecular complexity index is 710. The molecule has 24 heavy (non-hydrogen) atoms. The molecule has 0 bridgehead atoms. The van der Waals surface area contributed by atoms with Crippen LogP contribution in [0.25, 0.3) is 0 Å². The Morgan fingerprint density at radius 3 is 2.67 bits per heavy atom. The molecule has 1 aliphatic rings. The Hall–Kier alpha value is -2.21. The molecule has 0 unspecified atom stereocenters. The second-order valence-corrected chi connectivity index (χ2v) is 6.87. The van der Waals surface area contributed by atoms with Gasteiger partial charge in [0, 0.05) is 19.1 Å². The number of piperidine rings is 1. The lowest BCUT2D eigenvalue weighted by atomic mass is 10.0. The van der Waals surface area contributed by atoms with Crippen molar-refractivity contribution in [1.29, 1.82) is 0 Å². The van der Waals surface area contributed by atoms with Gasteiger partial charge in [-0.1, -0.05) is 18.2 Å². The van der Waals surface area contributed by atoms with Crippen molar-refractivity contribution in [2.75, 3.05) is 13.1 Å². The minimum atomic E-state index is -0.333. The number of carbonyl (C=O) groups is 2. The van der Waals surface area contributed by atoms with Crippen molar-refractivity contribution in [1.82, 2.24) is 10.2 Å². The largest absolute Gasteiger partial charge is 0.353 e. The molecule has 0 spiro atoms. The smallest absolute Gasteiger partial charge is 0.263 e. The molecular weight excluding hydrogens is 327 g/mol. The third kappa shape index (κ3) is 4.20. The number of carbonyl (C=O) groups excluding carboxylic acids is 2. The molecule has 0 atom stereocenters. The van der Waals surface area contributed by atoms with Crippen LogP contribution in [0.15, 0.2) is 41.8 Å². The van der Waals surface area contributed by atoms with Crippen molar-refractivity contribution in [2.24, 2.45) is 0 Å². The van der Waals surface area contributed by atoms with Gasteiger partial charge in [0.05, 0.1) is 11.3 Å². The fraction of sp³-hybridized carbons (Fsp3) is 0.333. The van der Waals surface area contributed by atoms with E-state index in [-0.39, 0.29) is 30.1 Å². The van der Waals surface area contributed by atoms with Gasteiger partial charge in [-0.15, -0.1) is 11.3 Å². The molecule has 1 aromatic heterocycles. The summed E-state index contributed by atoms with van der Waals surface area (Å²) in [6.07, 6.45) is 1.66. The number of likely N-dealkylation sites (tertiary alicyclic amines) is 1. The third-order valence-electron chi connectivity index (χ3n) is 4.13. The number of rotatable bonds is 4. The maximum absolute atomic E-state index is 13.1. The lowest BCUT2D eigenvalue weighted by Crippen LogP contribution is -2.46. The minimum absolute atomic E-state index is 0.0644. The molecule has 2 amide bonds. The summed E-state index contributed by atoms with van der Waals surface area (Å²) < 4.78 is 13.1. The summed E-state index contributed by atoms with van der Waals surface area (Å²) in [5.74, 6) is -0.376. The highest BCUT2D eigenvalue weighted by atomic mass is 32.1. The maximum Gasteiger partial charge on any atom is 0.263 e. The van der Waals surface area contributed by atoms with E-state index in [1.807, 2.05) is 22.4 Å². The van der Waals surface area contributed by atoms with Gasteiger partial charge in [-0.3, -0.25) is 9.59 Å². The Labute approximate surface area is 144 Å². The molecule has 1 fully saturated rings. The van der Waals surface area contributed by atoms with Crippen molar-refractivity contribution in [3.05, 3.63) is 58.0 Å². The van der Waals surface area contributed by atoms with Crippen LogP contribution in [0.1, 0.15) is 28.1 Å². The number of nitrogens with one attached hydrogen (secondary N) is 1. The first-order chi connectivity index (χ1) is 11.6. The zero-order chi connectivity index (χ0) is 16.9. The highest BCUT2D eigenvalue weighted by Crippen LogP contribution is 2.17. The first-order valence-electron chi connectivity index (χ1n) is 7.98. The second kappa shape index (κ2) is 7.57. The topological polar surface area (TPSA) is 49.4 Å². The molecule has 0 saturated carbocycles. The van der Waals surface area contributed by atoms with Crippen LogP contribution < -0.4 is 5.32 Å². The predicted octanol–water partition coefficient (Wildman–Crippen LogP) is 2.85. The second-order valence-electron chi connectivity index (χ2n) is 5.92. The Morgan fingerprint density at radius 1 is 1.21 bits per heavy atom. The van der Waals surface area contributed by atoms with E-state index in [9.17, 15) is 14.0 Å². The van der Waals surface area contributed by atoms with Crippen molar-refractivity contribution in [3.63, 3.8) is 0 Å². The van der Waals surface area contributed by atoms with Crippen LogP contribution in [-0.4, -0.2) is 35.8 Å². The van der Waals surface area contributed by atoms with Crippen LogP contribution in [0, 0.1) is 5.82 Å². The number of hydrogen-bond donors (Lipinski definition) is 1. The predicted molar refractivity (Wildman–Crippen MR) is 91.5 cm³/mol. The summed E-state index contributed by atoms with van der Waals surface area (Å²) in [4.78, 5) is 26.9.